The van der Waals surface area contributed by atoms with Gasteiger partial charge in [-0.1, -0.05) is 0 Å². The van der Waals surface area contributed by atoms with Crippen molar-refractivity contribution in [1.29, 1.82) is 0 Å². The minimum Gasteiger partial charge on any atom is -0.478 e. The number of aromatic carboxylic acids is 1. The van der Waals surface area contributed by atoms with Crippen molar-refractivity contribution < 1.29 is 31.0 Å². The van der Waals surface area contributed by atoms with Crippen molar-refractivity contribution in [3.8, 4) is 0 Å². The summed E-state index contributed by atoms with van der Waals surface area (Å²) in [5, 5.41) is 8.34. The van der Waals surface area contributed by atoms with Crippen LogP contribution >= 0.6 is 0 Å². The summed E-state index contributed by atoms with van der Waals surface area (Å²) in [4.78, 5) is 13.8. The molecule has 0 amide bonds. The summed E-state index contributed by atoms with van der Waals surface area (Å²) in [5.74, 6) is -0.942. The Morgan fingerprint density at radius 1 is 1.60 bits per heavy atom. The molecule has 0 saturated heterocycles. The number of hydrogen-bond donors (Lipinski definition) is 1. The van der Waals surface area contributed by atoms with Gasteiger partial charge in [0.1, 0.15) is 0 Å². The van der Waals surface area contributed by atoms with Crippen LogP contribution in [0.25, 0.3) is 0 Å². The SMILES string of the molecule is O=C(O)c1cccnc1.[Pt]. The van der Waals surface area contributed by atoms with Crippen LogP contribution in [-0.4, -0.2) is 16.1 Å². The predicted octanol–water partition coefficient (Wildman–Crippen LogP) is 0.777. The van der Waals surface area contributed by atoms with E-state index >= 15 is 0 Å². The van der Waals surface area contributed by atoms with Gasteiger partial charge in [0.05, 0.1) is 5.56 Å². The first kappa shape index (κ1) is 9.31. The summed E-state index contributed by atoms with van der Waals surface area (Å²) in [7, 11) is 0. The maximum Gasteiger partial charge on any atom is 0.337 e. The Hall–Kier alpha value is -0.692. The first-order valence-electron chi connectivity index (χ1n) is 2.44. The van der Waals surface area contributed by atoms with Gasteiger partial charge in [0.25, 0.3) is 0 Å². The summed E-state index contributed by atoms with van der Waals surface area (Å²) >= 11 is 0. The largest absolute Gasteiger partial charge is 0.478 e. The van der Waals surface area contributed by atoms with Gasteiger partial charge in [-0.15, -0.1) is 0 Å². The van der Waals surface area contributed by atoms with Crippen LogP contribution in [0.3, 0.4) is 0 Å². The van der Waals surface area contributed by atoms with Gasteiger partial charge in [-0.3, -0.25) is 4.98 Å². The predicted molar refractivity (Wildman–Crippen MR) is 31.2 cm³/mol. The molecule has 4 heteroatoms. The van der Waals surface area contributed by atoms with Crippen molar-refractivity contribution in [2.75, 3.05) is 0 Å². The van der Waals surface area contributed by atoms with E-state index in [-0.39, 0.29) is 26.6 Å². The fraction of sp³-hybridized carbons (Fsp3) is 0. The summed E-state index contributed by atoms with van der Waals surface area (Å²) in [6.45, 7) is 0. The average molecular weight is 318 g/mol. The van der Waals surface area contributed by atoms with Crippen molar-refractivity contribution >= 4 is 5.97 Å². The molecule has 0 aliphatic rings. The average Bonchev–Trinajstić information content (AvgIpc) is 1.90. The molecule has 1 N–H and O–H groups in total. The number of carboxylic acid groups (broad SMARTS) is 1. The molecule has 3 nitrogen and oxygen atoms in total. The zero-order valence-corrected chi connectivity index (χ0v) is 7.20. The minimum absolute atomic E-state index is 0. The first-order chi connectivity index (χ1) is 4.30. The van der Waals surface area contributed by atoms with Crippen LogP contribution in [0.1, 0.15) is 10.4 Å². The minimum atomic E-state index is -0.942. The Balaban J connectivity index is 0.000000810. The van der Waals surface area contributed by atoms with Crippen LogP contribution in [0.4, 0.5) is 0 Å². The van der Waals surface area contributed by atoms with E-state index in [1.54, 1.807) is 6.07 Å². The Kier molecular flexibility index (Phi) is 3.89. The molecule has 0 aliphatic carbocycles. The summed E-state index contributed by atoms with van der Waals surface area (Å²) in [6.07, 6.45) is 2.84. The Morgan fingerprint density at radius 3 is 2.60 bits per heavy atom. The molecule has 0 radical (unpaired) electrons. The van der Waals surface area contributed by atoms with E-state index in [4.69, 9.17) is 5.11 Å². The third-order valence-electron chi connectivity index (χ3n) is 0.908. The molecule has 1 aromatic rings. The van der Waals surface area contributed by atoms with E-state index in [0.717, 1.165) is 0 Å². The van der Waals surface area contributed by atoms with Gasteiger partial charge >= 0.3 is 5.97 Å². The van der Waals surface area contributed by atoms with Crippen LogP contribution < -0.4 is 0 Å². The number of nitrogens with zero attached hydrogens (tertiary/aromatic N) is 1. The van der Waals surface area contributed by atoms with Crippen molar-refractivity contribution in [2.24, 2.45) is 0 Å². The Labute approximate surface area is 72.4 Å². The standard InChI is InChI=1S/C6H5NO2.Pt/c8-6(9)5-2-1-3-7-4-5;/h1-4H,(H,8,9);. The number of carbonyl (C=O) groups is 1. The van der Waals surface area contributed by atoms with E-state index in [9.17, 15) is 4.79 Å². The molecule has 1 aromatic heterocycles. The Morgan fingerprint density at radius 2 is 2.30 bits per heavy atom. The van der Waals surface area contributed by atoms with Gasteiger partial charge in [0.15, 0.2) is 0 Å². The quantitative estimate of drug-likeness (QED) is 0.832. The van der Waals surface area contributed by atoms with Gasteiger partial charge < -0.3 is 5.11 Å². The van der Waals surface area contributed by atoms with Crippen molar-refractivity contribution in [2.45, 2.75) is 0 Å². The van der Waals surface area contributed by atoms with Gasteiger partial charge in [-0.25, -0.2) is 4.79 Å². The molecule has 10 heavy (non-hydrogen) atoms. The monoisotopic (exact) mass is 318 g/mol. The fourth-order valence-corrected chi connectivity index (χ4v) is 0.489. The third-order valence-corrected chi connectivity index (χ3v) is 0.908. The van der Waals surface area contributed by atoms with E-state index in [1.807, 2.05) is 0 Å². The molecule has 0 unspecified atom stereocenters. The molecule has 1 heterocycles. The van der Waals surface area contributed by atoms with Crippen LogP contribution in [0.2, 0.25) is 0 Å². The second-order valence-electron chi connectivity index (χ2n) is 1.55. The molecular formula is C6H5NO2Pt. The molecule has 0 aromatic carbocycles. The molecule has 0 spiro atoms. The van der Waals surface area contributed by atoms with Crippen LogP contribution in [-0.2, 0) is 21.1 Å². The second-order valence-corrected chi connectivity index (χ2v) is 1.55. The molecule has 0 aliphatic heterocycles. The molecule has 0 bridgehead atoms. The van der Waals surface area contributed by atoms with E-state index in [1.165, 1.54) is 18.5 Å². The molecule has 0 atom stereocenters. The maximum absolute atomic E-state index is 10.2. The number of carboxylic acids is 1. The Bertz CT molecular complexity index is 212. The van der Waals surface area contributed by atoms with Crippen LogP contribution in [0.15, 0.2) is 24.5 Å². The van der Waals surface area contributed by atoms with E-state index in [2.05, 4.69) is 4.98 Å². The molecule has 1 rings (SSSR count). The van der Waals surface area contributed by atoms with Gasteiger partial charge in [0, 0.05) is 33.5 Å². The molecular weight excluding hydrogens is 313 g/mol. The van der Waals surface area contributed by atoms with E-state index < -0.39 is 5.97 Å². The summed E-state index contributed by atoms with van der Waals surface area (Å²) in [6, 6.07) is 3.08. The van der Waals surface area contributed by atoms with Crippen molar-refractivity contribution in [3.63, 3.8) is 0 Å². The van der Waals surface area contributed by atoms with Gasteiger partial charge in [0.2, 0.25) is 0 Å². The number of hydrogen-bond acceptors (Lipinski definition) is 2. The maximum atomic E-state index is 10.2. The van der Waals surface area contributed by atoms with Gasteiger partial charge in [-0.2, -0.15) is 0 Å². The number of aromatic nitrogens is 1. The van der Waals surface area contributed by atoms with Crippen molar-refractivity contribution in [3.05, 3.63) is 30.1 Å². The zero-order chi connectivity index (χ0) is 6.69. The zero-order valence-electron chi connectivity index (χ0n) is 4.93. The normalized spacial score (nSPS) is 8.00. The van der Waals surface area contributed by atoms with Gasteiger partial charge in [-0.05, 0) is 12.1 Å². The number of rotatable bonds is 1. The fourth-order valence-electron chi connectivity index (χ4n) is 0.489. The molecule has 0 fully saturated rings. The van der Waals surface area contributed by atoms with Crippen molar-refractivity contribution in [1.82, 2.24) is 4.98 Å². The number of pyridine rings is 1. The van der Waals surface area contributed by atoms with Crippen LogP contribution in [0, 0.1) is 0 Å². The topological polar surface area (TPSA) is 50.2 Å². The van der Waals surface area contributed by atoms with E-state index in [0.29, 0.717) is 0 Å². The summed E-state index contributed by atoms with van der Waals surface area (Å²) in [5.41, 5.74) is 0.220. The van der Waals surface area contributed by atoms with Crippen LogP contribution in [0.5, 0.6) is 0 Å². The second kappa shape index (κ2) is 4.18. The molecule has 56 valence electrons. The third kappa shape index (κ3) is 2.27. The smallest absolute Gasteiger partial charge is 0.337 e. The molecule has 0 saturated carbocycles. The summed E-state index contributed by atoms with van der Waals surface area (Å²) < 4.78 is 0. The first-order valence-corrected chi connectivity index (χ1v) is 2.44.